The quantitative estimate of drug-likeness (QED) is 0.476. The molecular formula is C29H26F3NO3. The average Bonchev–Trinajstić information content (AvgIpc) is 3.26. The zero-order chi connectivity index (χ0) is 25.1. The highest BCUT2D eigenvalue weighted by Crippen LogP contribution is 2.69. The first-order valence-corrected chi connectivity index (χ1v) is 12.2. The van der Waals surface area contributed by atoms with E-state index in [1.54, 1.807) is 12.1 Å². The molecule has 3 aliphatic carbocycles. The molecule has 1 saturated carbocycles. The third-order valence-electron chi connectivity index (χ3n) is 8.66. The predicted molar refractivity (Wildman–Crippen MR) is 128 cm³/mol. The number of benzene rings is 3. The fourth-order valence-corrected chi connectivity index (χ4v) is 7.46. The molecule has 0 spiro atoms. The highest BCUT2D eigenvalue weighted by Gasteiger charge is 2.70. The van der Waals surface area contributed by atoms with Crippen LogP contribution in [0.15, 0.2) is 78.9 Å². The summed E-state index contributed by atoms with van der Waals surface area (Å²) in [6, 6.07) is 24.1. The second-order valence-corrected chi connectivity index (χ2v) is 10.3. The maximum atomic E-state index is 13.2. The molecule has 4 atom stereocenters. The number of likely N-dealkylation sites (tertiary alicyclic amines) is 1. The Kier molecular flexibility index (Phi) is 5.20. The van der Waals surface area contributed by atoms with Crippen LogP contribution in [-0.2, 0) is 16.8 Å². The summed E-state index contributed by atoms with van der Waals surface area (Å²) < 4.78 is 42.5. The van der Waals surface area contributed by atoms with Gasteiger partial charge in [0.15, 0.2) is 0 Å². The summed E-state index contributed by atoms with van der Waals surface area (Å²) in [5.74, 6) is -1.38. The number of hydrogen-bond acceptors (Lipinski definition) is 3. The molecule has 1 heterocycles. The van der Waals surface area contributed by atoms with Gasteiger partial charge in [0.1, 0.15) is 5.75 Å². The van der Waals surface area contributed by atoms with Gasteiger partial charge in [0.05, 0.1) is 5.41 Å². The zero-order valence-corrected chi connectivity index (χ0v) is 19.5. The summed E-state index contributed by atoms with van der Waals surface area (Å²) in [6.07, 6.45) is -3.29. The first-order chi connectivity index (χ1) is 17.2. The van der Waals surface area contributed by atoms with Crippen molar-refractivity contribution >= 4 is 5.97 Å². The van der Waals surface area contributed by atoms with Gasteiger partial charge in [-0.1, -0.05) is 66.7 Å². The number of nitrogens with zero attached hydrogens (tertiary/aromatic N) is 1. The first-order valence-electron chi connectivity index (χ1n) is 12.2. The van der Waals surface area contributed by atoms with Crippen molar-refractivity contribution in [1.29, 1.82) is 0 Å². The van der Waals surface area contributed by atoms with Crippen molar-refractivity contribution < 1.29 is 27.8 Å². The topological polar surface area (TPSA) is 49.8 Å². The van der Waals surface area contributed by atoms with E-state index in [2.05, 4.69) is 15.7 Å². The lowest BCUT2D eigenvalue weighted by Gasteiger charge is -2.59. The standard InChI is InChI=1S/C29H26F3NO3/c30-29(31,32)36-21-12-10-20(11-13-21)27-15-14-24(22-8-4-5-9-23(22)27)28(26(34)35)18-33(17-25(27)28)16-19-6-2-1-3-7-19/h1-13,24-25H,14-18H2,(H,34,35). The van der Waals surface area contributed by atoms with Crippen molar-refractivity contribution in [3.8, 4) is 5.75 Å². The Morgan fingerprint density at radius 3 is 2.39 bits per heavy atom. The highest BCUT2D eigenvalue weighted by atomic mass is 19.4. The molecule has 36 heavy (non-hydrogen) atoms. The summed E-state index contributed by atoms with van der Waals surface area (Å²) in [5, 5.41) is 10.8. The van der Waals surface area contributed by atoms with Crippen LogP contribution >= 0.6 is 0 Å². The number of carbonyl (C=O) groups is 1. The monoisotopic (exact) mass is 493 g/mol. The van der Waals surface area contributed by atoms with Crippen molar-refractivity contribution in [3.05, 3.63) is 101 Å². The van der Waals surface area contributed by atoms with Gasteiger partial charge in [-0.3, -0.25) is 9.69 Å². The molecule has 4 nitrogen and oxygen atoms in total. The van der Waals surface area contributed by atoms with Crippen molar-refractivity contribution in [3.63, 3.8) is 0 Å². The summed E-state index contributed by atoms with van der Waals surface area (Å²) in [7, 11) is 0. The predicted octanol–water partition coefficient (Wildman–Crippen LogP) is 5.97. The molecule has 7 rings (SSSR count). The highest BCUT2D eigenvalue weighted by molar-refractivity contribution is 5.80. The van der Waals surface area contributed by atoms with Crippen molar-refractivity contribution in [1.82, 2.24) is 4.90 Å². The molecule has 0 radical (unpaired) electrons. The summed E-state index contributed by atoms with van der Waals surface area (Å²) in [4.78, 5) is 15.4. The minimum Gasteiger partial charge on any atom is -0.481 e. The molecule has 186 valence electrons. The summed E-state index contributed by atoms with van der Waals surface area (Å²) >= 11 is 0. The van der Waals surface area contributed by atoms with Crippen LogP contribution in [0.2, 0.25) is 0 Å². The molecule has 1 saturated heterocycles. The van der Waals surface area contributed by atoms with Gasteiger partial charge < -0.3 is 9.84 Å². The van der Waals surface area contributed by atoms with E-state index in [9.17, 15) is 23.1 Å². The number of alkyl halides is 3. The largest absolute Gasteiger partial charge is 0.573 e. The number of halogens is 3. The Hall–Kier alpha value is -3.32. The van der Waals surface area contributed by atoms with Crippen molar-refractivity contribution in [2.24, 2.45) is 11.3 Å². The van der Waals surface area contributed by atoms with E-state index < -0.39 is 23.2 Å². The van der Waals surface area contributed by atoms with Crippen LogP contribution in [0.3, 0.4) is 0 Å². The van der Waals surface area contributed by atoms with Crippen LogP contribution in [0.4, 0.5) is 13.2 Å². The molecule has 3 aromatic rings. The van der Waals surface area contributed by atoms with E-state index in [0.29, 0.717) is 19.6 Å². The maximum Gasteiger partial charge on any atom is 0.573 e. The van der Waals surface area contributed by atoms with Gasteiger partial charge in [0.25, 0.3) is 0 Å². The lowest BCUT2D eigenvalue weighted by molar-refractivity contribution is -0.274. The van der Waals surface area contributed by atoms with Gasteiger partial charge in [-0.25, -0.2) is 0 Å². The summed E-state index contributed by atoms with van der Waals surface area (Å²) in [6.45, 7) is 1.70. The number of ether oxygens (including phenoxy) is 1. The van der Waals surface area contributed by atoms with Gasteiger partial charge in [0.2, 0.25) is 0 Å². The molecule has 7 heteroatoms. The Bertz CT molecular complexity index is 1290. The molecule has 0 aromatic heterocycles. The molecule has 2 bridgehead atoms. The maximum absolute atomic E-state index is 13.2. The normalized spacial score (nSPS) is 29.0. The number of fused-ring (bicyclic) bond motifs is 1. The SMILES string of the molecule is O=C(O)C12CN(Cc3ccccc3)CC1C1(c3ccc(OC(F)(F)F)cc3)CCC2c2ccccc21. The van der Waals surface area contributed by atoms with Crippen LogP contribution in [0.25, 0.3) is 0 Å². The number of carboxylic acid groups (broad SMARTS) is 1. The fraction of sp³-hybridized carbons (Fsp3) is 0.345. The van der Waals surface area contributed by atoms with Crippen LogP contribution in [-0.4, -0.2) is 35.4 Å². The Morgan fingerprint density at radius 2 is 1.69 bits per heavy atom. The average molecular weight is 494 g/mol. The van der Waals surface area contributed by atoms with Gasteiger partial charge >= 0.3 is 12.3 Å². The van der Waals surface area contributed by atoms with Crippen molar-refractivity contribution in [2.45, 2.75) is 37.1 Å². The van der Waals surface area contributed by atoms with Crippen LogP contribution < -0.4 is 4.74 Å². The molecule has 1 aliphatic heterocycles. The van der Waals surface area contributed by atoms with Gasteiger partial charge in [-0.2, -0.15) is 0 Å². The van der Waals surface area contributed by atoms with Gasteiger partial charge in [-0.05, 0) is 47.2 Å². The van der Waals surface area contributed by atoms with E-state index in [4.69, 9.17) is 0 Å². The fourth-order valence-electron chi connectivity index (χ4n) is 7.46. The Morgan fingerprint density at radius 1 is 1.00 bits per heavy atom. The van der Waals surface area contributed by atoms with Crippen molar-refractivity contribution in [2.75, 3.05) is 13.1 Å². The Labute approximate surface area is 207 Å². The molecule has 4 unspecified atom stereocenters. The van der Waals surface area contributed by atoms with E-state index in [1.165, 1.54) is 12.1 Å². The first kappa shape index (κ1) is 23.1. The lowest BCUT2D eigenvalue weighted by Crippen LogP contribution is -2.60. The van der Waals surface area contributed by atoms with E-state index in [-0.39, 0.29) is 17.6 Å². The lowest BCUT2D eigenvalue weighted by atomic mass is 9.42. The molecule has 4 aliphatic rings. The molecule has 1 N–H and O–H groups in total. The molecule has 3 aromatic carbocycles. The van der Waals surface area contributed by atoms with E-state index in [1.807, 2.05) is 48.5 Å². The Balaban J connectivity index is 1.48. The minimum absolute atomic E-state index is 0.105. The molecule has 2 fully saturated rings. The second-order valence-electron chi connectivity index (χ2n) is 10.3. The molecule has 0 amide bonds. The third-order valence-corrected chi connectivity index (χ3v) is 8.66. The second kappa shape index (κ2) is 8.10. The van der Waals surface area contributed by atoms with Crippen LogP contribution in [0.5, 0.6) is 5.75 Å². The molecular weight excluding hydrogens is 467 g/mol. The van der Waals surface area contributed by atoms with Gasteiger partial charge in [-0.15, -0.1) is 13.2 Å². The number of rotatable bonds is 5. The van der Waals surface area contributed by atoms with E-state index in [0.717, 1.165) is 35.1 Å². The zero-order valence-electron chi connectivity index (χ0n) is 19.5. The minimum atomic E-state index is -4.77. The smallest absolute Gasteiger partial charge is 0.481 e. The van der Waals surface area contributed by atoms with E-state index >= 15 is 0 Å². The number of aliphatic carboxylic acids is 1. The van der Waals surface area contributed by atoms with Crippen LogP contribution in [0, 0.1) is 11.3 Å². The number of carboxylic acids is 1. The third kappa shape index (κ3) is 3.36. The van der Waals surface area contributed by atoms with Gasteiger partial charge in [0, 0.05) is 36.9 Å². The van der Waals surface area contributed by atoms with Crippen LogP contribution in [0.1, 0.15) is 41.0 Å². The summed E-state index contributed by atoms with van der Waals surface area (Å²) in [5.41, 5.74) is 2.56. The number of hydrogen-bond donors (Lipinski definition) is 1.